The summed E-state index contributed by atoms with van der Waals surface area (Å²) in [7, 11) is 1.00. The number of esters is 1. The molecule has 1 aliphatic carbocycles. The van der Waals surface area contributed by atoms with Crippen LogP contribution in [-0.2, 0) is 23.8 Å². The van der Waals surface area contributed by atoms with Crippen molar-refractivity contribution in [2.75, 3.05) is 7.11 Å². The molecule has 8 heteroatoms. The molecule has 0 amide bonds. The molecule has 164 valence electrons. The number of fused-ring (bicyclic) bond motifs is 2. The largest absolute Gasteiger partial charge is 0.460 e. The van der Waals surface area contributed by atoms with Gasteiger partial charge in [-0.25, -0.2) is 4.79 Å². The number of hydrogen-bond donors (Lipinski definition) is 1. The predicted molar refractivity (Wildman–Crippen MR) is 108 cm³/mol. The summed E-state index contributed by atoms with van der Waals surface area (Å²) in [6.45, 7) is 5.75. The molecule has 3 saturated heterocycles. The van der Waals surface area contributed by atoms with Gasteiger partial charge in [-0.1, -0.05) is 38.1 Å². The number of ether oxygens (including phenoxy) is 5. The van der Waals surface area contributed by atoms with Crippen LogP contribution in [-0.4, -0.2) is 59.3 Å². The summed E-state index contributed by atoms with van der Waals surface area (Å²) in [5.41, 5.74) is -2.95. The van der Waals surface area contributed by atoms with Crippen LogP contribution < -0.4 is 9.47 Å². The van der Waals surface area contributed by atoms with E-state index in [-0.39, 0.29) is 12.2 Å². The highest BCUT2D eigenvalue weighted by Crippen LogP contribution is 2.70. The van der Waals surface area contributed by atoms with Gasteiger partial charge in [0.25, 0.3) is 5.60 Å². The Hall–Kier alpha value is -2.68. The number of rotatable bonds is 0. The molecule has 5 atom stereocenters. The molecular weight excluding hydrogens is 404 g/mol. The van der Waals surface area contributed by atoms with Crippen molar-refractivity contribution < 1.29 is 38.4 Å². The summed E-state index contributed by atoms with van der Waals surface area (Å²) in [5.74, 6) is -1.28. The average molecular weight is 428 g/mol. The molecule has 2 aromatic carbocycles. The molecule has 4 fully saturated rings. The molecule has 1 spiro atoms. The molecule has 31 heavy (non-hydrogen) atoms. The average Bonchev–Trinajstić information content (AvgIpc) is 3.70. The second-order valence-electron chi connectivity index (χ2n) is 7.85. The van der Waals surface area contributed by atoms with Crippen molar-refractivity contribution in [1.82, 2.24) is 0 Å². The molecule has 4 heterocycles. The Kier molecular flexibility index (Phi) is 4.19. The van der Waals surface area contributed by atoms with Crippen LogP contribution in [0.15, 0.2) is 36.4 Å². The summed E-state index contributed by atoms with van der Waals surface area (Å²) in [5, 5.41) is 8.78. The molecular formula is C23H24O8. The van der Waals surface area contributed by atoms with Crippen LogP contribution in [0.3, 0.4) is 0 Å². The van der Waals surface area contributed by atoms with Crippen LogP contribution in [0.5, 0.6) is 11.5 Å². The molecule has 2 aromatic rings. The lowest BCUT2D eigenvalue weighted by Crippen LogP contribution is -2.72. The van der Waals surface area contributed by atoms with E-state index in [1.165, 1.54) is 0 Å². The quantitative estimate of drug-likeness (QED) is 0.502. The van der Waals surface area contributed by atoms with Crippen LogP contribution in [0.25, 0.3) is 10.8 Å². The first-order valence-corrected chi connectivity index (χ1v) is 10.5. The third-order valence-corrected chi connectivity index (χ3v) is 6.39. The lowest BCUT2D eigenvalue weighted by molar-refractivity contribution is -0.211. The Morgan fingerprint density at radius 2 is 1.61 bits per heavy atom. The van der Waals surface area contributed by atoms with Gasteiger partial charge in [-0.3, -0.25) is 4.79 Å². The number of cyclic esters (lactones) is 1. The number of aliphatic hydroxyl groups is 1. The summed E-state index contributed by atoms with van der Waals surface area (Å²) in [4.78, 5) is 26.0. The van der Waals surface area contributed by atoms with Crippen LogP contribution in [0.2, 0.25) is 0 Å². The number of carbonyl (C=O) groups is 2. The fourth-order valence-corrected chi connectivity index (χ4v) is 5.24. The molecule has 1 saturated carbocycles. The van der Waals surface area contributed by atoms with E-state index in [0.717, 1.165) is 17.9 Å². The molecule has 5 aliphatic rings. The minimum atomic E-state index is -1.64. The standard InChI is InChI=1S/C20H14O7.C2H6.CH4O/c1-9-8-18-15(21)14-16(24-14)20(19(18,27-18)17(22)23-9)25-11-6-2-4-10-5-3-7-12(26-20)13(10)11;2*1-2/h2-7,9,14,16H,8H2,1H3;1-2H3;2H,1H3. The van der Waals surface area contributed by atoms with Gasteiger partial charge < -0.3 is 28.8 Å². The minimum absolute atomic E-state index is 0.217. The molecule has 0 radical (unpaired) electrons. The van der Waals surface area contributed by atoms with E-state index in [2.05, 4.69) is 0 Å². The minimum Gasteiger partial charge on any atom is -0.460 e. The van der Waals surface area contributed by atoms with E-state index in [1.807, 2.05) is 50.2 Å². The Bertz CT molecular complexity index is 1060. The summed E-state index contributed by atoms with van der Waals surface area (Å²) < 4.78 is 29.7. The number of ketones is 1. The van der Waals surface area contributed by atoms with Gasteiger partial charge in [0.05, 0.1) is 5.39 Å². The van der Waals surface area contributed by atoms with Gasteiger partial charge in [-0.15, -0.1) is 0 Å². The smallest absolute Gasteiger partial charge is 0.350 e. The van der Waals surface area contributed by atoms with Crippen LogP contribution in [0, 0.1) is 0 Å². The maximum Gasteiger partial charge on any atom is 0.350 e. The van der Waals surface area contributed by atoms with Gasteiger partial charge >= 0.3 is 11.8 Å². The Morgan fingerprint density at radius 1 is 1.00 bits per heavy atom. The fourth-order valence-electron chi connectivity index (χ4n) is 5.24. The van der Waals surface area contributed by atoms with Gasteiger partial charge in [0.1, 0.15) is 17.6 Å². The second kappa shape index (κ2) is 6.41. The first kappa shape index (κ1) is 20.2. The van der Waals surface area contributed by atoms with Crippen LogP contribution >= 0.6 is 0 Å². The van der Waals surface area contributed by atoms with Crippen molar-refractivity contribution in [3.8, 4) is 11.5 Å². The van der Waals surface area contributed by atoms with E-state index < -0.39 is 41.3 Å². The van der Waals surface area contributed by atoms with Crippen LogP contribution in [0.1, 0.15) is 27.2 Å². The Balaban J connectivity index is 0.000000485. The van der Waals surface area contributed by atoms with Gasteiger partial charge in [0.2, 0.25) is 0 Å². The number of hydrogen-bond acceptors (Lipinski definition) is 8. The summed E-state index contributed by atoms with van der Waals surface area (Å²) in [6, 6.07) is 11.3. The molecule has 8 nitrogen and oxygen atoms in total. The van der Waals surface area contributed by atoms with E-state index in [9.17, 15) is 9.59 Å². The van der Waals surface area contributed by atoms with Gasteiger partial charge in [0.15, 0.2) is 23.6 Å². The van der Waals surface area contributed by atoms with Gasteiger partial charge in [0, 0.05) is 13.5 Å². The highest BCUT2D eigenvalue weighted by Gasteiger charge is 3.00. The van der Waals surface area contributed by atoms with Crippen molar-refractivity contribution >= 4 is 22.5 Å². The number of carbonyl (C=O) groups excluding carboxylic acids is 2. The SMILES string of the molecule is CC.CC1CC23OC2(C(=O)O1)C1(Oc2cccc4cccc(c24)O1)C1OC1C3=O.CO. The highest BCUT2D eigenvalue weighted by atomic mass is 16.8. The third-order valence-electron chi connectivity index (χ3n) is 6.39. The molecule has 1 N–H and O–H groups in total. The number of benzene rings is 2. The maximum absolute atomic E-state index is 13.0. The zero-order valence-corrected chi connectivity index (χ0v) is 17.7. The monoisotopic (exact) mass is 428 g/mol. The maximum atomic E-state index is 13.0. The Morgan fingerprint density at radius 3 is 2.23 bits per heavy atom. The zero-order valence-electron chi connectivity index (χ0n) is 17.7. The number of epoxide rings is 2. The normalized spacial score (nSPS) is 36.6. The van der Waals surface area contributed by atoms with E-state index >= 15 is 0 Å². The number of aliphatic hydroxyl groups excluding tert-OH is 1. The van der Waals surface area contributed by atoms with E-state index in [1.54, 1.807) is 6.92 Å². The van der Waals surface area contributed by atoms with Gasteiger partial charge in [-0.2, -0.15) is 0 Å². The van der Waals surface area contributed by atoms with Gasteiger partial charge in [-0.05, 0) is 24.4 Å². The predicted octanol–water partition coefficient (Wildman–Crippen LogP) is 2.14. The molecule has 0 bridgehead atoms. The molecule has 0 aromatic heterocycles. The third kappa shape index (κ3) is 2.15. The van der Waals surface area contributed by atoms with Crippen molar-refractivity contribution in [2.24, 2.45) is 0 Å². The first-order valence-electron chi connectivity index (χ1n) is 10.5. The highest BCUT2D eigenvalue weighted by molar-refractivity contribution is 6.09. The first-order chi connectivity index (χ1) is 15.0. The van der Waals surface area contributed by atoms with Crippen molar-refractivity contribution in [3.05, 3.63) is 36.4 Å². The molecule has 7 rings (SSSR count). The fraction of sp³-hybridized carbons (Fsp3) is 0.478. The van der Waals surface area contributed by atoms with Crippen LogP contribution in [0.4, 0.5) is 0 Å². The summed E-state index contributed by atoms with van der Waals surface area (Å²) >= 11 is 0. The van der Waals surface area contributed by atoms with Crippen molar-refractivity contribution in [3.63, 3.8) is 0 Å². The Labute approximate surface area is 179 Å². The summed E-state index contributed by atoms with van der Waals surface area (Å²) in [6.07, 6.45) is -1.57. The lowest BCUT2D eigenvalue weighted by Gasteiger charge is -2.44. The topological polar surface area (TPSA) is 107 Å². The molecule has 4 aliphatic heterocycles. The van der Waals surface area contributed by atoms with E-state index in [0.29, 0.717) is 11.5 Å². The molecule has 5 unspecified atom stereocenters. The number of Topliss-reactive ketones (excluding diaryl/α,β-unsaturated/α-hetero) is 1. The van der Waals surface area contributed by atoms with E-state index in [4.69, 9.17) is 28.8 Å². The zero-order chi connectivity index (χ0) is 22.2. The lowest BCUT2D eigenvalue weighted by atomic mass is 9.70. The second-order valence-corrected chi connectivity index (χ2v) is 7.85. The van der Waals surface area contributed by atoms with Crippen molar-refractivity contribution in [2.45, 2.75) is 62.5 Å². The van der Waals surface area contributed by atoms with Crippen molar-refractivity contribution in [1.29, 1.82) is 0 Å².